The number of nitrogens with zero attached hydrogens (tertiary/aromatic N) is 4. The van der Waals surface area contributed by atoms with Crippen molar-refractivity contribution in [1.82, 2.24) is 24.8 Å². The van der Waals surface area contributed by atoms with Gasteiger partial charge in [0.15, 0.2) is 0 Å². The summed E-state index contributed by atoms with van der Waals surface area (Å²) < 4.78 is 0. The van der Waals surface area contributed by atoms with Crippen LogP contribution in [-0.2, 0) is 19.4 Å². The molecule has 0 atom stereocenters. The number of hydrogen-bond acceptors (Lipinski definition) is 7. The van der Waals surface area contributed by atoms with Gasteiger partial charge in [0.1, 0.15) is 15.5 Å². The van der Waals surface area contributed by atoms with Crippen LogP contribution in [0.5, 0.6) is 0 Å². The molecular formula is C20H23N5O2S2. The first-order chi connectivity index (χ1) is 14.1. The number of thiophene rings is 1. The highest BCUT2D eigenvalue weighted by Gasteiger charge is 2.25. The van der Waals surface area contributed by atoms with Crippen LogP contribution < -0.4 is 5.56 Å². The zero-order chi connectivity index (χ0) is 20.0. The highest BCUT2D eigenvalue weighted by Crippen LogP contribution is 2.33. The maximum Gasteiger partial charge on any atom is 0.265 e. The maximum absolute atomic E-state index is 12.7. The van der Waals surface area contributed by atoms with Gasteiger partial charge in [-0.3, -0.25) is 14.5 Å². The first-order valence-corrected chi connectivity index (χ1v) is 11.7. The Morgan fingerprint density at radius 3 is 2.76 bits per heavy atom. The molecule has 5 rings (SSSR count). The molecular weight excluding hydrogens is 406 g/mol. The second-order valence-electron chi connectivity index (χ2n) is 7.74. The molecule has 1 fully saturated rings. The average Bonchev–Trinajstić information content (AvgIpc) is 3.31. The topological polar surface area (TPSA) is 82.2 Å². The molecule has 1 aliphatic carbocycles. The number of fused-ring (bicyclic) bond motifs is 3. The zero-order valence-corrected chi connectivity index (χ0v) is 18.0. The molecule has 0 radical (unpaired) electrons. The third-order valence-electron chi connectivity index (χ3n) is 5.85. The predicted molar refractivity (Wildman–Crippen MR) is 115 cm³/mol. The number of rotatable bonds is 3. The van der Waals surface area contributed by atoms with E-state index in [1.165, 1.54) is 28.2 Å². The highest BCUT2D eigenvalue weighted by molar-refractivity contribution is 7.18. The van der Waals surface area contributed by atoms with Gasteiger partial charge in [-0.2, -0.15) is 0 Å². The molecule has 29 heavy (non-hydrogen) atoms. The van der Waals surface area contributed by atoms with Crippen LogP contribution in [0.25, 0.3) is 10.2 Å². The van der Waals surface area contributed by atoms with E-state index in [0.717, 1.165) is 59.0 Å². The van der Waals surface area contributed by atoms with Crippen molar-refractivity contribution in [2.24, 2.45) is 0 Å². The van der Waals surface area contributed by atoms with E-state index in [1.807, 2.05) is 11.8 Å². The number of nitrogens with one attached hydrogen (secondary N) is 1. The van der Waals surface area contributed by atoms with E-state index in [2.05, 4.69) is 14.9 Å². The molecule has 0 spiro atoms. The normalized spacial score (nSPS) is 17.6. The molecule has 0 saturated carbocycles. The van der Waals surface area contributed by atoms with Crippen LogP contribution in [0.4, 0.5) is 0 Å². The van der Waals surface area contributed by atoms with Gasteiger partial charge in [-0.15, -0.1) is 22.7 Å². The number of aryl methyl sites for hydroxylation is 3. The van der Waals surface area contributed by atoms with Gasteiger partial charge < -0.3 is 9.88 Å². The van der Waals surface area contributed by atoms with Crippen molar-refractivity contribution in [3.8, 4) is 0 Å². The number of thiazole rings is 1. The van der Waals surface area contributed by atoms with Gasteiger partial charge in [-0.25, -0.2) is 9.97 Å². The van der Waals surface area contributed by atoms with Gasteiger partial charge in [0.25, 0.3) is 11.5 Å². The highest BCUT2D eigenvalue weighted by atomic mass is 32.1. The number of piperazine rings is 1. The summed E-state index contributed by atoms with van der Waals surface area (Å²) in [6.07, 6.45) is 4.42. The largest absolute Gasteiger partial charge is 0.335 e. The maximum atomic E-state index is 12.7. The molecule has 4 heterocycles. The number of aromatic amines is 1. The van der Waals surface area contributed by atoms with Gasteiger partial charge in [-0.05, 0) is 38.2 Å². The SMILES string of the molecule is Cc1ncsc1C(=O)N1CCN(Cc2nc3sc4c(c3c(=O)[nH]2)CCCC4)CC1. The standard InChI is InChI=1S/C20H23N5O2S2/c1-12-17(28-11-21-12)20(27)25-8-6-24(7-9-25)10-15-22-18(26)16-13-4-2-3-5-14(13)29-19(16)23-15/h11H,2-10H2,1H3,(H,22,23,26). The Morgan fingerprint density at radius 2 is 2.00 bits per heavy atom. The minimum absolute atomic E-state index is 0.00103. The summed E-state index contributed by atoms with van der Waals surface area (Å²) in [7, 11) is 0. The molecule has 9 heteroatoms. The van der Waals surface area contributed by atoms with Crippen LogP contribution in [0.3, 0.4) is 0 Å². The smallest absolute Gasteiger partial charge is 0.265 e. The molecule has 1 N–H and O–H groups in total. The summed E-state index contributed by atoms with van der Waals surface area (Å²) in [6, 6.07) is 0. The third-order valence-corrected chi connectivity index (χ3v) is 7.95. The van der Waals surface area contributed by atoms with Crippen LogP contribution in [0.15, 0.2) is 10.3 Å². The lowest BCUT2D eigenvalue weighted by Crippen LogP contribution is -2.48. The van der Waals surface area contributed by atoms with Crippen molar-refractivity contribution >= 4 is 38.8 Å². The number of carbonyl (C=O) groups is 1. The monoisotopic (exact) mass is 429 g/mol. The molecule has 0 unspecified atom stereocenters. The molecule has 3 aromatic rings. The van der Waals surface area contributed by atoms with E-state index < -0.39 is 0 Å². The summed E-state index contributed by atoms with van der Waals surface area (Å²) in [5.41, 5.74) is 3.75. The van der Waals surface area contributed by atoms with Crippen molar-refractivity contribution in [2.45, 2.75) is 39.2 Å². The van der Waals surface area contributed by atoms with Gasteiger partial charge >= 0.3 is 0 Å². The Balaban J connectivity index is 1.28. The lowest BCUT2D eigenvalue weighted by molar-refractivity contribution is 0.0629. The second-order valence-corrected chi connectivity index (χ2v) is 9.68. The van der Waals surface area contributed by atoms with E-state index in [9.17, 15) is 9.59 Å². The van der Waals surface area contributed by atoms with Crippen LogP contribution in [0.1, 0.15) is 44.5 Å². The quantitative estimate of drug-likeness (QED) is 0.692. The number of carbonyl (C=O) groups excluding carboxylic acids is 1. The average molecular weight is 430 g/mol. The summed E-state index contributed by atoms with van der Waals surface area (Å²) >= 11 is 3.09. The molecule has 1 saturated heterocycles. The van der Waals surface area contributed by atoms with Crippen molar-refractivity contribution in [3.05, 3.63) is 42.7 Å². The minimum Gasteiger partial charge on any atom is -0.335 e. The second kappa shape index (κ2) is 7.62. The fourth-order valence-electron chi connectivity index (χ4n) is 4.26. The Labute approximate surface area is 176 Å². The minimum atomic E-state index is -0.00103. The Kier molecular flexibility index (Phi) is 4.97. The van der Waals surface area contributed by atoms with E-state index in [0.29, 0.717) is 19.6 Å². The molecule has 7 nitrogen and oxygen atoms in total. The first-order valence-electron chi connectivity index (χ1n) is 10.1. The van der Waals surface area contributed by atoms with E-state index >= 15 is 0 Å². The van der Waals surface area contributed by atoms with Crippen molar-refractivity contribution in [2.75, 3.05) is 26.2 Å². The van der Waals surface area contributed by atoms with Gasteiger partial charge in [0.05, 0.1) is 23.1 Å². The summed E-state index contributed by atoms with van der Waals surface area (Å²) in [6.45, 7) is 5.38. The molecule has 1 aliphatic heterocycles. The fourth-order valence-corrected chi connectivity index (χ4v) is 6.31. The van der Waals surface area contributed by atoms with Crippen molar-refractivity contribution in [1.29, 1.82) is 0 Å². The number of amides is 1. The van der Waals surface area contributed by atoms with Gasteiger partial charge in [0.2, 0.25) is 0 Å². The first kappa shape index (κ1) is 18.9. The Morgan fingerprint density at radius 1 is 1.21 bits per heavy atom. The summed E-state index contributed by atoms with van der Waals surface area (Å²) in [5.74, 6) is 0.793. The van der Waals surface area contributed by atoms with Gasteiger partial charge in [0, 0.05) is 31.1 Å². The summed E-state index contributed by atoms with van der Waals surface area (Å²) in [5, 5.41) is 0.809. The third kappa shape index (κ3) is 3.51. The zero-order valence-electron chi connectivity index (χ0n) is 16.4. The lowest BCUT2D eigenvalue weighted by atomic mass is 9.97. The van der Waals surface area contributed by atoms with E-state index in [1.54, 1.807) is 16.8 Å². The molecule has 1 amide bonds. The van der Waals surface area contributed by atoms with Crippen LogP contribution in [0.2, 0.25) is 0 Å². The van der Waals surface area contributed by atoms with Crippen LogP contribution in [-0.4, -0.2) is 56.8 Å². The van der Waals surface area contributed by atoms with Gasteiger partial charge in [-0.1, -0.05) is 0 Å². The van der Waals surface area contributed by atoms with Crippen molar-refractivity contribution in [3.63, 3.8) is 0 Å². The van der Waals surface area contributed by atoms with Crippen LogP contribution >= 0.6 is 22.7 Å². The molecule has 0 aromatic carbocycles. The van der Waals surface area contributed by atoms with Crippen molar-refractivity contribution < 1.29 is 4.79 Å². The molecule has 0 bridgehead atoms. The predicted octanol–water partition coefficient (Wildman–Crippen LogP) is 2.59. The van der Waals surface area contributed by atoms with E-state index in [4.69, 9.17) is 4.98 Å². The summed E-state index contributed by atoms with van der Waals surface area (Å²) in [4.78, 5) is 44.4. The Bertz CT molecular complexity index is 1120. The number of hydrogen-bond donors (Lipinski definition) is 1. The van der Waals surface area contributed by atoms with E-state index in [-0.39, 0.29) is 11.5 Å². The van der Waals surface area contributed by atoms with Crippen LogP contribution in [0, 0.1) is 6.92 Å². The fraction of sp³-hybridized carbons (Fsp3) is 0.500. The Hall–Kier alpha value is -2.10. The molecule has 2 aliphatic rings. The molecule has 3 aromatic heterocycles. The number of aromatic nitrogens is 3. The molecule has 152 valence electrons. The number of H-pyrrole nitrogens is 1. The lowest BCUT2D eigenvalue weighted by Gasteiger charge is -2.34.